The van der Waals surface area contributed by atoms with E-state index >= 15 is 0 Å². The number of nitrogens with one attached hydrogen (secondary N) is 2. The van der Waals surface area contributed by atoms with Crippen molar-refractivity contribution in [1.29, 1.82) is 0 Å². The molecular weight excluding hydrogens is 356 g/mol. The number of alkyl carbamates (subject to hydrolysis) is 1. The predicted molar refractivity (Wildman–Crippen MR) is 108 cm³/mol. The number of benzene rings is 1. The second kappa shape index (κ2) is 11.1. The van der Waals surface area contributed by atoms with Crippen LogP contribution in [0.3, 0.4) is 0 Å². The molecule has 0 radical (unpaired) electrons. The van der Waals surface area contributed by atoms with Crippen LogP contribution >= 0.6 is 0 Å². The van der Waals surface area contributed by atoms with E-state index in [-0.39, 0.29) is 18.4 Å². The highest BCUT2D eigenvalue weighted by atomic mass is 16.5. The standard InChI is InChI=1S/C21H30N4O3/c1-16(14-25-18(3)12-17(2)24-25)13-23-20(26)10-7-11-22-21(27)28-15-19-8-5-4-6-9-19/h4-6,8-9,12,16H,7,10-11,13-15H2,1-3H3,(H,22,27)(H,23,26). The minimum atomic E-state index is -0.470. The molecule has 0 aliphatic carbocycles. The van der Waals surface area contributed by atoms with Crippen molar-refractivity contribution >= 4 is 12.0 Å². The Morgan fingerprint density at radius 1 is 1.18 bits per heavy atom. The molecule has 0 bridgehead atoms. The molecule has 1 heterocycles. The molecule has 2 N–H and O–H groups in total. The van der Waals surface area contributed by atoms with Gasteiger partial charge in [-0.15, -0.1) is 0 Å². The molecule has 1 aromatic carbocycles. The number of amides is 2. The summed E-state index contributed by atoms with van der Waals surface area (Å²) in [5, 5.41) is 10.0. The minimum absolute atomic E-state index is 0.0142. The number of ether oxygens (including phenoxy) is 1. The van der Waals surface area contributed by atoms with Crippen LogP contribution in [0.25, 0.3) is 0 Å². The van der Waals surface area contributed by atoms with Crippen LogP contribution in [0, 0.1) is 19.8 Å². The van der Waals surface area contributed by atoms with Gasteiger partial charge in [-0.2, -0.15) is 5.10 Å². The van der Waals surface area contributed by atoms with E-state index in [2.05, 4.69) is 22.7 Å². The van der Waals surface area contributed by atoms with Crippen molar-refractivity contribution in [1.82, 2.24) is 20.4 Å². The summed E-state index contributed by atoms with van der Waals surface area (Å²) in [4.78, 5) is 23.6. The van der Waals surface area contributed by atoms with Gasteiger partial charge >= 0.3 is 6.09 Å². The molecule has 0 spiro atoms. The summed E-state index contributed by atoms with van der Waals surface area (Å²) in [5.41, 5.74) is 3.07. The molecule has 7 nitrogen and oxygen atoms in total. The molecule has 0 saturated heterocycles. The second-order valence-corrected chi connectivity index (χ2v) is 7.11. The van der Waals surface area contributed by atoms with Crippen LogP contribution in [0.1, 0.15) is 36.7 Å². The van der Waals surface area contributed by atoms with E-state index in [1.54, 1.807) is 0 Å². The molecule has 2 amide bonds. The summed E-state index contributed by atoms with van der Waals surface area (Å²) in [7, 11) is 0. The first-order valence-corrected chi connectivity index (χ1v) is 9.66. The van der Waals surface area contributed by atoms with Gasteiger partial charge in [0.1, 0.15) is 6.61 Å². The molecule has 7 heteroatoms. The SMILES string of the molecule is Cc1cc(C)n(CC(C)CNC(=O)CCCNC(=O)OCc2ccccc2)n1. The number of aryl methyl sites for hydroxylation is 2. The lowest BCUT2D eigenvalue weighted by Crippen LogP contribution is -2.31. The number of aromatic nitrogens is 2. The number of carbonyl (C=O) groups is 2. The van der Waals surface area contributed by atoms with E-state index < -0.39 is 6.09 Å². The van der Waals surface area contributed by atoms with Crippen LogP contribution in [-0.4, -0.2) is 34.9 Å². The highest BCUT2D eigenvalue weighted by Gasteiger charge is 2.09. The minimum Gasteiger partial charge on any atom is -0.445 e. The van der Waals surface area contributed by atoms with Gasteiger partial charge in [0.25, 0.3) is 0 Å². The summed E-state index contributed by atoms with van der Waals surface area (Å²) in [6.07, 6.45) is 0.465. The number of hydrogen-bond acceptors (Lipinski definition) is 4. The lowest BCUT2D eigenvalue weighted by atomic mass is 10.1. The number of carbonyl (C=O) groups excluding carboxylic acids is 2. The summed E-state index contributed by atoms with van der Waals surface area (Å²) in [5.74, 6) is 0.271. The molecule has 28 heavy (non-hydrogen) atoms. The maximum Gasteiger partial charge on any atom is 0.407 e. The van der Waals surface area contributed by atoms with Crippen LogP contribution in [0.2, 0.25) is 0 Å². The maximum atomic E-state index is 11.9. The largest absolute Gasteiger partial charge is 0.445 e. The van der Waals surface area contributed by atoms with Crippen LogP contribution in [-0.2, 0) is 22.7 Å². The van der Waals surface area contributed by atoms with Crippen LogP contribution in [0.5, 0.6) is 0 Å². The third-order valence-corrected chi connectivity index (χ3v) is 4.30. The Morgan fingerprint density at radius 2 is 1.93 bits per heavy atom. The van der Waals surface area contributed by atoms with E-state index in [4.69, 9.17) is 4.74 Å². The van der Waals surface area contributed by atoms with Gasteiger partial charge in [0, 0.05) is 31.7 Å². The quantitative estimate of drug-likeness (QED) is 0.615. The van der Waals surface area contributed by atoms with Gasteiger partial charge in [0.15, 0.2) is 0 Å². The summed E-state index contributed by atoms with van der Waals surface area (Å²) >= 11 is 0. The molecule has 0 aliphatic heterocycles. The Kier molecular flexibility index (Phi) is 8.52. The van der Waals surface area contributed by atoms with Gasteiger partial charge in [0.05, 0.1) is 5.69 Å². The average molecular weight is 386 g/mol. The normalized spacial score (nSPS) is 11.7. The lowest BCUT2D eigenvalue weighted by Gasteiger charge is -2.14. The van der Waals surface area contributed by atoms with Crippen molar-refractivity contribution in [2.75, 3.05) is 13.1 Å². The molecule has 1 unspecified atom stereocenters. The smallest absolute Gasteiger partial charge is 0.407 e. The van der Waals surface area contributed by atoms with Crippen molar-refractivity contribution in [3.8, 4) is 0 Å². The number of hydrogen-bond donors (Lipinski definition) is 2. The van der Waals surface area contributed by atoms with Crippen LogP contribution in [0.4, 0.5) is 4.79 Å². The molecule has 0 saturated carbocycles. The van der Waals surface area contributed by atoms with Gasteiger partial charge in [-0.05, 0) is 37.8 Å². The third kappa shape index (κ3) is 7.82. The summed E-state index contributed by atoms with van der Waals surface area (Å²) in [6.45, 7) is 8.10. The first-order chi connectivity index (χ1) is 13.4. The molecular formula is C21H30N4O3. The molecule has 0 fully saturated rings. The molecule has 2 rings (SSSR count). The van der Waals surface area contributed by atoms with Gasteiger partial charge in [-0.1, -0.05) is 37.3 Å². The Bertz CT molecular complexity index is 758. The fourth-order valence-corrected chi connectivity index (χ4v) is 2.81. The fourth-order valence-electron chi connectivity index (χ4n) is 2.81. The molecule has 1 atom stereocenters. The lowest BCUT2D eigenvalue weighted by molar-refractivity contribution is -0.121. The third-order valence-electron chi connectivity index (χ3n) is 4.30. The molecule has 1 aromatic heterocycles. The van der Waals surface area contributed by atoms with E-state index in [0.717, 1.165) is 23.5 Å². The topological polar surface area (TPSA) is 85.2 Å². The zero-order chi connectivity index (χ0) is 20.4. The van der Waals surface area contributed by atoms with Crippen molar-refractivity contribution in [3.63, 3.8) is 0 Å². The highest BCUT2D eigenvalue weighted by Crippen LogP contribution is 2.06. The molecule has 152 valence electrons. The van der Waals surface area contributed by atoms with Gasteiger partial charge in [-0.3, -0.25) is 9.48 Å². The van der Waals surface area contributed by atoms with Gasteiger partial charge < -0.3 is 15.4 Å². The zero-order valence-electron chi connectivity index (χ0n) is 16.9. The van der Waals surface area contributed by atoms with Crippen LogP contribution < -0.4 is 10.6 Å². The Balaban J connectivity index is 1.53. The number of rotatable bonds is 10. The van der Waals surface area contributed by atoms with Gasteiger partial charge in [-0.25, -0.2) is 4.79 Å². The Labute approximate surface area is 166 Å². The van der Waals surface area contributed by atoms with Crippen molar-refractivity contribution in [2.45, 2.75) is 46.8 Å². The summed E-state index contributed by atoms with van der Waals surface area (Å²) < 4.78 is 7.09. The Morgan fingerprint density at radius 3 is 2.61 bits per heavy atom. The van der Waals surface area contributed by atoms with Crippen molar-refractivity contribution in [3.05, 3.63) is 53.3 Å². The Hall–Kier alpha value is -2.83. The predicted octanol–water partition coefficient (Wildman–Crippen LogP) is 2.96. The van der Waals surface area contributed by atoms with E-state index in [0.29, 0.717) is 25.9 Å². The van der Waals surface area contributed by atoms with Crippen molar-refractivity contribution in [2.24, 2.45) is 5.92 Å². The number of nitrogens with zero attached hydrogens (tertiary/aromatic N) is 2. The first kappa shape index (κ1) is 21.5. The molecule has 0 aliphatic rings. The average Bonchev–Trinajstić information content (AvgIpc) is 2.99. The van der Waals surface area contributed by atoms with Crippen molar-refractivity contribution < 1.29 is 14.3 Å². The van der Waals surface area contributed by atoms with E-state index in [1.807, 2.05) is 54.9 Å². The van der Waals surface area contributed by atoms with Crippen LogP contribution in [0.15, 0.2) is 36.4 Å². The first-order valence-electron chi connectivity index (χ1n) is 9.66. The fraction of sp³-hybridized carbons (Fsp3) is 0.476. The zero-order valence-corrected chi connectivity index (χ0v) is 16.9. The maximum absolute atomic E-state index is 11.9. The monoisotopic (exact) mass is 386 g/mol. The van der Waals surface area contributed by atoms with E-state index in [9.17, 15) is 9.59 Å². The van der Waals surface area contributed by atoms with Gasteiger partial charge in [0.2, 0.25) is 5.91 Å². The van der Waals surface area contributed by atoms with E-state index in [1.165, 1.54) is 0 Å². The molecule has 2 aromatic rings. The summed E-state index contributed by atoms with van der Waals surface area (Å²) in [6, 6.07) is 11.5. The highest BCUT2D eigenvalue weighted by molar-refractivity contribution is 5.75. The second-order valence-electron chi connectivity index (χ2n) is 7.11.